The Morgan fingerprint density at radius 3 is 2.52 bits per heavy atom. The van der Waals surface area contributed by atoms with Gasteiger partial charge in [0.15, 0.2) is 0 Å². The Kier molecular flexibility index (Phi) is 4.19. The summed E-state index contributed by atoms with van der Waals surface area (Å²) in [6.45, 7) is -1.90. The Morgan fingerprint density at radius 1 is 1.29 bits per heavy atom. The zero-order chi connectivity index (χ0) is 15.0. The molecule has 0 unspecified atom stereocenters. The maximum absolute atomic E-state index is 8.90. The highest BCUT2D eigenvalue weighted by Gasteiger charge is 2.33. The summed E-state index contributed by atoms with van der Waals surface area (Å²) in [5.41, 5.74) is 1.69. The van der Waals surface area contributed by atoms with E-state index in [4.69, 9.17) is 42.7 Å². The molecule has 1 fully saturated rings. The predicted octanol–water partition coefficient (Wildman–Crippen LogP) is 3.31. The first kappa shape index (κ1) is 14.8. The summed E-state index contributed by atoms with van der Waals surface area (Å²) in [6.07, 6.45) is 2.03. The van der Waals surface area contributed by atoms with Crippen molar-refractivity contribution >= 4 is 23.2 Å². The fourth-order valence-corrected chi connectivity index (χ4v) is 2.78. The van der Waals surface area contributed by atoms with Crippen molar-refractivity contribution in [2.75, 3.05) is 0 Å². The van der Waals surface area contributed by atoms with Crippen LogP contribution >= 0.6 is 23.2 Å². The molecule has 0 amide bonds. The third kappa shape index (κ3) is 3.07. The molecule has 0 aliphatic heterocycles. The number of aromatic nitrogens is 1. The zero-order valence-corrected chi connectivity index (χ0v) is 12.4. The lowest BCUT2D eigenvalue weighted by molar-refractivity contribution is -0.240. The summed E-state index contributed by atoms with van der Waals surface area (Å²) in [4.78, 5) is 0. The van der Waals surface area contributed by atoms with E-state index in [2.05, 4.69) is 5.16 Å². The van der Waals surface area contributed by atoms with Gasteiger partial charge in [0.25, 0.3) is 6.48 Å². The quantitative estimate of drug-likeness (QED) is 0.823. The van der Waals surface area contributed by atoms with Crippen LogP contribution in [0.1, 0.15) is 30.1 Å². The Labute approximate surface area is 131 Å². The van der Waals surface area contributed by atoms with Crippen molar-refractivity contribution in [2.24, 2.45) is 0 Å². The van der Waals surface area contributed by atoms with Crippen molar-refractivity contribution in [3.05, 3.63) is 39.6 Å². The maximum atomic E-state index is 8.90. The van der Waals surface area contributed by atoms with Gasteiger partial charge in [-0.3, -0.25) is 0 Å². The molecule has 0 atom stereocenters. The minimum absolute atomic E-state index is 0.0378. The van der Waals surface area contributed by atoms with E-state index in [9.17, 15) is 0 Å². The molecule has 7 heteroatoms. The zero-order valence-electron chi connectivity index (χ0n) is 10.9. The van der Waals surface area contributed by atoms with E-state index in [0.29, 0.717) is 38.5 Å². The average Bonchev–Trinajstić information content (AvgIpc) is 3.18. The summed E-state index contributed by atoms with van der Waals surface area (Å²) in [5.74, 6) is 0.989. The number of ether oxygens (including phenoxy) is 1. The second-order valence-electron chi connectivity index (χ2n) is 4.88. The molecule has 1 heterocycles. The van der Waals surface area contributed by atoms with Gasteiger partial charge in [-0.2, -0.15) is 0 Å². The largest absolute Gasteiger partial charge is 0.360 e. The van der Waals surface area contributed by atoms with Crippen LogP contribution in [0, 0.1) is 0 Å². The van der Waals surface area contributed by atoms with Gasteiger partial charge in [-0.05, 0) is 25.0 Å². The van der Waals surface area contributed by atoms with Gasteiger partial charge in [-0.15, -0.1) is 0 Å². The first-order valence-electron chi connectivity index (χ1n) is 6.48. The molecule has 1 aliphatic carbocycles. The molecule has 0 bridgehead atoms. The summed E-state index contributed by atoms with van der Waals surface area (Å²) in [6, 6.07) is 5.16. The van der Waals surface area contributed by atoms with Crippen LogP contribution in [-0.4, -0.2) is 21.8 Å². The lowest BCUT2D eigenvalue weighted by Gasteiger charge is -2.09. The third-order valence-electron chi connectivity index (χ3n) is 3.34. The number of hydrogen-bond acceptors (Lipinski definition) is 5. The molecule has 5 nitrogen and oxygen atoms in total. The summed E-state index contributed by atoms with van der Waals surface area (Å²) >= 11 is 12.4. The number of nitrogens with zero attached hydrogens (tertiary/aromatic N) is 1. The second-order valence-corrected chi connectivity index (χ2v) is 5.70. The summed E-state index contributed by atoms with van der Waals surface area (Å²) in [5, 5.41) is 22.8. The highest BCUT2D eigenvalue weighted by molar-refractivity contribution is 6.39. The van der Waals surface area contributed by atoms with Gasteiger partial charge in [0.2, 0.25) is 0 Å². The van der Waals surface area contributed by atoms with Crippen LogP contribution in [0.2, 0.25) is 10.0 Å². The molecule has 0 spiro atoms. The van der Waals surface area contributed by atoms with E-state index in [1.54, 1.807) is 18.2 Å². The monoisotopic (exact) mass is 329 g/mol. The number of aliphatic hydroxyl groups excluding tert-OH is 1. The molecule has 1 aromatic heterocycles. The minimum atomic E-state index is -1.86. The third-order valence-corrected chi connectivity index (χ3v) is 3.97. The van der Waals surface area contributed by atoms with Crippen LogP contribution in [0.5, 0.6) is 0 Å². The molecule has 1 aliphatic rings. The number of rotatable bonds is 5. The molecule has 1 aromatic carbocycles. The average molecular weight is 330 g/mol. The predicted molar refractivity (Wildman–Crippen MR) is 76.9 cm³/mol. The van der Waals surface area contributed by atoms with Crippen molar-refractivity contribution in [1.29, 1.82) is 0 Å². The van der Waals surface area contributed by atoms with Crippen LogP contribution in [0.25, 0.3) is 11.3 Å². The molecule has 0 saturated heterocycles. The minimum Gasteiger partial charge on any atom is -0.360 e. The van der Waals surface area contributed by atoms with Gasteiger partial charge in [0.05, 0.1) is 16.7 Å². The van der Waals surface area contributed by atoms with E-state index in [1.807, 2.05) is 0 Å². The first-order valence-corrected chi connectivity index (χ1v) is 7.24. The Hall–Kier alpha value is -1.11. The van der Waals surface area contributed by atoms with Gasteiger partial charge < -0.3 is 19.5 Å². The van der Waals surface area contributed by atoms with Crippen molar-refractivity contribution in [1.82, 2.24) is 5.16 Å². The van der Waals surface area contributed by atoms with Crippen LogP contribution in [0.15, 0.2) is 22.7 Å². The van der Waals surface area contributed by atoms with Crippen molar-refractivity contribution in [3.8, 4) is 11.3 Å². The Balaban J connectivity index is 2.05. The fraction of sp³-hybridized carbons (Fsp3) is 0.357. The van der Waals surface area contributed by atoms with E-state index in [-0.39, 0.29) is 6.61 Å². The number of aliphatic hydroxyl groups is 2. The fourth-order valence-electron chi connectivity index (χ4n) is 2.21. The van der Waals surface area contributed by atoms with Crippen LogP contribution in [0.3, 0.4) is 0 Å². The van der Waals surface area contributed by atoms with Crippen molar-refractivity contribution in [3.63, 3.8) is 0 Å². The smallest absolute Gasteiger partial charge is 0.266 e. The molecular formula is C14H13Cl2NO4. The normalized spacial score (nSPS) is 14.9. The van der Waals surface area contributed by atoms with Gasteiger partial charge in [-0.25, -0.2) is 0 Å². The molecule has 2 N–H and O–H groups in total. The van der Waals surface area contributed by atoms with Crippen LogP contribution in [-0.2, 0) is 11.3 Å². The van der Waals surface area contributed by atoms with E-state index < -0.39 is 6.48 Å². The molecule has 0 radical (unpaired) electrons. The maximum Gasteiger partial charge on any atom is 0.266 e. The van der Waals surface area contributed by atoms with Gasteiger partial charge >= 0.3 is 0 Å². The van der Waals surface area contributed by atoms with Gasteiger partial charge in [0.1, 0.15) is 11.5 Å². The Morgan fingerprint density at radius 2 is 1.95 bits per heavy atom. The Bertz CT molecular complexity index is 632. The molecule has 1 saturated carbocycles. The summed E-state index contributed by atoms with van der Waals surface area (Å²) < 4.78 is 10.3. The molecule has 21 heavy (non-hydrogen) atoms. The number of halogens is 2. The molecule has 2 aromatic rings. The van der Waals surface area contributed by atoms with E-state index in [1.165, 1.54) is 0 Å². The second kappa shape index (κ2) is 5.94. The highest BCUT2D eigenvalue weighted by atomic mass is 35.5. The number of hydrogen-bond donors (Lipinski definition) is 2. The number of benzene rings is 1. The van der Waals surface area contributed by atoms with E-state index in [0.717, 1.165) is 12.8 Å². The molecular weight excluding hydrogens is 317 g/mol. The topological polar surface area (TPSA) is 75.7 Å². The van der Waals surface area contributed by atoms with Crippen molar-refractivity contribution in [2.45, 2.75) is 31.8 Å². The SMILES string of the molecule is OC(O)OCc1c(-c2c(Cl)cccc2Cl)noc1C1CC1. The van der Waals surface area contributed by atoms with Gasteiger partial charge in [-0.1, -0.05) is 34.4 Å². The van der Waals surface area contributed by atoms with E-state index >= 15 is 0 Å². The lowest BCUT2D eigenvalue weighted by Crippen LogP contribution is -2.10. The van der Waals surface area contributed by atoms with Crippen LogP contribution in [0.4, 0.5) is 0 Å². The van der Waals surface area contributed by atoms with Crippen molar-refractivity contribution < 1.29 is 19.5 Å². The molecule has 3 rings (SSSR count). The van der Waals surface area contributed by atoms with Crippen LogP contribution < -0.4 is 0 Å². The van der Waals surface area contributed by atoms with Gasteiger partial charge in [0, 0.05) is 17.0 Å². The molecule has 112 valence electrons. The standard InChI is InChI=1S/C14H13Cl2NO4/c15-9-2-1-3-10(16)11(9)12-8(6-20-14(18)19)13(21-17-12)7-4-5-7/h1-3,7,14,18-19H,4-6H2. The first-order chi connectivity index (χ1) is 10.1. The lowest BCUT2D eigenvalue weighted by atomic mass is 10.0. The highest BCUT2D eigenvalue weighted by Crippen LogP contribution is 2.46. The summed E-state index contributed by atoms with van der Waals surface area (Å²) in [7, 11) is 0.